The highest BCUT2D eigenvalue weighted by Gasteiger charge is 2.22. The Kier molecular flexibility index (Phi) is 4.51. The molecular weight excluding hydrogens is 296 g/mol. The summed E-state index contributed by atoms with van der Waals surface area (Å²) in [4.78, 5) is 4.63. The Morgan fingerprint density at radius 3 is 2.88 bits per heavy atom. The number of amidine groups is 1. The summed E-state index contributed by atoms with van der Waals surface area (Å²) in [5, 5.41) is 4.56. The van der Waals surface area contributed by atoms with Gasteiger partial charge in [0.05, 0.1) is 6.54 Å². The monoisotopic (exact) mass is 312 g/mol. The molecule has 0 bridgehead atoms. The van der Waals surface area contributed by atoms with Crippen LogP contribution in [-0.4, -0.2) is 17.0 Å². The summed E-state index contributed by atoms with van der Waals surface area (Å²) >= 11 is 5.37. The second-order valence-corrected chi connectivity index (χ2v) is 6.38. The van der Waals surface area contributed by atoms with Gasteiger partial charge in [0, 0.05) is 16.3 Å². The van der Waals surface area contributed by atoms with E-state index in [2.05, 4.69) is 52.2 Å². The van der Waals surface area contributed by atoms with E-state index in [4.69, 9.17) is 0 Å². The van der Waals surface area contributed by atoms with Gasteiger partial charge in [-0.05, 0) is 17.5 Å². The molecule has 2 rings (SSSR count). The van der Waals surface area contributed by atoms with Gasteiger partial charge in [-0.25, -0.2) is 0 Å². The fourth-order valence-corrected chi connectivity index (χ4v) is 3.25. The van der Waals surface area contributed by atoms with Crippen LogP contribution < -0.4 is 5.32 Å². The van der Waals surface area contributed by atoms with Crippen LogP contribution in [0.5, 0.6) is 0 Å². The molecule has 1 aromatic rings. The van der Waals surface area contributed by atoms with Crippen molar-refractivity contribution in [3.8, 4) is 0 Å². The lowest BCUT2D eigenvalue weighted by Gasteiger charge is -2.13. The lowest BCUT2D eigenvalue weighted by Crippen LogP contribution is -2.31. The average Bonchev–Trinajstić information content (AvgIpc) is 2.77. The number of hydrogen-bond donors (Lipinski definition) is 1. The first-order valence-electron chi connectivity index (χ1n) is 5.84. The second kappa shape index (κ2) is 5.91. The minimum Gasteiger partial charge on any atom is -0.361 e. The molecular formula is C13H17BrN2S. The van der Waals surface area contributed by atoms with Crippen LogP contribution in [0.25, 0.3) is 0 Å². The lowest BCUT2D eigenvalue weighted by molar-refractivity contribution is 0.503. The van der Waals surface area contributed by atoms with E-state index in [1.165, 1.54) is 5.56 Å². The number of nitrogens with zero attached hydrogens (tertiary/aromatic N) is 1. The molecule has 1 fully saturated rings. The first-order chi connectivity index (χ1) is 8.16. The molecule has 1 aliphatic heterocycles. The molecule has 1 N–H and O–H groups in total. The van der Waals surface area contributed by atoms with E-state index in [1.54, 1.807) is 0 Å². The molecule has 1 atom stereocenters. The van der Waals surface area contributed by atoms with E-state index in [9.17, 15) is 0 Å². The van der Waals surface area contributed by atoms with E-state index >= 15 is 0 Å². The Morgan fingerprint density at radius 1 is 1.47 bits per heavy atom. The molecule has 0 aromatic heterocycles. The number of thioether (sulfide) groups is 1. The molecule has 0 amide bonds. The zero-order chi connectivity index (χ0) is 12.3. The number of rotatable bonds is 3. The zero-order valence-electron chi connectivity index (χ0n) is 10.1. The van der Waals surface area contributed by atoms with Gasteiger partial charge in [0.25, 0.3) is 0 Å². The van der Waals surface area contributed by atoms with Crippen LogP contribution in [0.4, 0.5) is 0 Å². The Labute approximate surface area is 115 Å². The third-order valence-electron chi connectivity index (χ3n) is 2.86. The number of hydrogen-bond acceptors (Lipinski definition) is 2. The highest BCUT2D eigenvalue weighted by atomic mass is 79.9. The third-order valence-corrected chi connectivity index (χ3v) is 4.68. The van der Waals surface area contributed by atoms with Gasteiger partial charge in [-0.15, -0.1) is 0 Å². The van der Waals surface area contributed by atoms with Crippen molar-refractivity contribution >= 4 is 32.9 Å². The van der Waals surface area contributed by atoms with Crippen molar-refractivity contribution in [3.63, 3.8) is 0 Å². The van der Waals surface area contributed by atoms with Crippen LogP contribution in [0.1, 0.15) is 19.4 Å². The number of benzene rings is 1. The predicted molar refractivity (Wildman–Crippen MR) is 79.5 cm³/mol. The smallest absolute Gasteiger partial charge is 0.157 e. The van der Waals surface area contributed by atoms with Gasteiger partial charge >= 0.3 is 0 Å². The van der Waals surface area contributed by atoms with Crippen molar-refractivity contribution in [1.29, 1.82) is 0 Å². The van der Waals surface area contributed by atoms with Gasteiger partial charge < -0.3 is 5.32 Å². The molecule has 1 unspecified atom stereocenters. The molecule has 1 heterocycles. The first kappa shape index (κ1) is 13.0. The van der Waals surface area contributed by atoms with Gasteiger partial charge in [-0.2, -0.15) is 0 Å². The van der Waals surface area contributed by atoms with Crippen LogP contribution in [0, 0.1) is 5.92 Å². The maximum atomic E-state index is 4.63. The number of halogens is 1. The molecule has 1 aliphatic rings. The summed E-state index contributed by atoms with van der Waals surface area (Å²) in [6, 6.07) is 8.80. The van der Waals surface area contributed by atoms with E-state index in [0.717, 1.165) is 21.9 Å². The summed E-state index contributed by atoms with van der Waals surface area (Å²) < 4.78 is 1.13. The van der Waals surface area contributed by atoms with Gasteiger partial charge in [0.1, 0.15) is 0 Å². The van der Waals surface area contributed by atoms with Crippen LogP contribution in [0.3, 0.4) is 0 Å². The summed E-state index contributed by atoms with van der Waals surface area (Å²) in [6.45, 7) is 5.23. The van der Waals surface area contributed by atoms with Crippen molar-refractivity contribution in [3.05, 3.63) is 34.3 Å². The SMILES string of the molecule is CC(C)C1CSC(=NCc2ccccc2Br)N1. The summed E-state index contributed by atoms with van der Waals surface area (Å²) in [7, 11) is 0. The average molecular weight is 313 g/mol. The lowest BCUT2D eigenvalue weighted by atomic mass is 10.1. The summed E-state index contributed by atoms with van der Waals surface area (Å²) in [5.74, 6) is 1.80. The van der Waals surface area contributed by atoms with E-state index in [-0.39, 0.29) is 0 Å². The second-order valence-electron chi connectivity index (χ2n) is 4.52. The van der Waals surface area contributed by atoms with Crippen LogP contribution in [0.2, 0.25) is 0 Å². The van der Waals surface area contributed by atoms with Gasteiger partial charge in [-0.3, -0.25) is 4.99 Å². The standard InChI is InChI=1S/C13H17BrN2S/c1-9(2)12-8-17-13(16-12)15-7-10-5-3-4-6-11(10)14/h3-6,9,12H,7-8H2,1-2H3,(H,15,16). The normalized spacial score (nSPS) is 22.1. The fraction of sp³-hybridized carbons (Fsp3) is 0.462. The Balaban J connectivity index is 1.96. The molecule has 4 heteroatoms. The van der Waals surface area contributed by atoms with E-state index in [0.29, 0.717) is 12.0 Å². The number of aliphatic imine (C=N–C) groups is 1. The molecule has 0 spiro atoms. The van der Waals surface area contributed by atoms with Crippen LogP contribution >= 0.6 is 27.7 Å². The molecule has 1 aromatic carbocycles. The Bertz CT molecular complexity index is 418. The van der Waals surface area contributed by atoms with E-state index in [1.807, 2.05) is 23.9 Å². The molecule has 17 heavy (non-hydrogen) atoms. The third kappa shape index (κ3) is 3.49. The van der Waals surface area contributed by atoms with E-state index < -0.39 is 0 Å². The molecule has 0 aliphatic carbocycles. The summed E-state index contributed by atoms with van der Waals surface area (Å²) in [5.41, 5.74) is 1.23. The highest BCUT2D eigenvalue weighted by molar-refractivity contribution is 9.10. The number of nitrogens with one attached hydrogen (secondary N) is 1. The van der Waals surface area contributed by atoms with Gasteiger partial charge in [-0.1, -0.05) is 59.7 Å². The maximum Gasteiger partial charge on any atom is 0.157 e. The van der Waals surface area contributed by atoms with Crippen molar-refractivity contribution in [2.45, 2.75) is 26.4 Å². The molecule has 92 valence electrons. The van der Waals surface area contributed by atoms with Crippen molar-refractivity contribution in [2.75, 3.05) is 5.75 Å². The summed E-state index contributed by atoms with van der Waals surface area (Å²) in [6.07, 6.45) is 0. The first-order valence-corrected chi connectivity index (χ1v) is 7.62. The predicted octanol–water partition coefficient (Wildman–Crippen LogP) is 3.67. The minimum atomic E-state index is 0.568. The topological polar surface area (TPSA) is 24.4 Å². The zero-order valence-corrected chi connectivity index (χ0v) is 12.5. The van der Waals surface area contributed by atoms with Crippen molar-refractivity contribution in [2.24, 2.45) is 10.9 Å². The van der Waals surface area contributed by atoms with Crippen LogP contribution in [-0.2, 0) is 6.54 Å². The maximum absolute atomic E-state index is 4.63. The largest absolute Gasteiger partial charge is 0.361 e. The highest BCUT2D eigenvalue weighted by Crippen LogP contribution is 2.21. The molecule has 2 nitrogen and oxygen atoms in total. The quantitative estimate of drug-likeness (QED) is 0.921. The Hall–Kier alpha value is -0.480. The Morgan fingerprint density at radius 2 is 2.24 bits per heavy atom. The van der Waals surface area contributed by atoms with Gasteiger partial charge in [0.15, 0.2) is 5.17 Å². The molecule has 0 radical (unpaired) electrons. The van der Waals surface area contributed by atoms with Crippen molar-refractivity contribution < 1.29 is 0 Å². The van der Waals surface area contributed by atoms with Gasteiger partial charge in [0.2, 0.25) is 0 Å². The fourth-order valence-electron chi connectivity index (χ4n) is 1.64. The minimum absolute atomic E-state index is 0.568. The van der Waals surface area contributed by atoms with Crippen LogP contribution in [0.15, 0.2) is 33.7 Å². The molecule has 0 saturated carbocycles. The van der Waals surface area contributed by atoms with Crippen molar-refractivity contribution in [1.82, 2.24) is 5.32 Å². The molecule has 1 saturated heterocycles.